The van der Waals surface area contributed by atoms with Crippen LogP contribution in [-0.4, -0.2) is 17.4 Å². The van der Waals surface area contributed by atoms with Crippen LogP contribution in [0.5, 0.6) is 0 Å². The summed E-state index contributed by atoms with van der Waals surface area (Å²) in [4.78, 5) is 18.0. The van der Waals surface area contributed by atoms with Crippen LogP contribution in [0, 0.1) is 0 Å². The van der Waals surface area contributed by atoms with E-state index in [0.717, 1.165) is 16.9 Å². The molecule has 6 heteroatoms. The Labute approximate surface area is 168 Å². The fraction of sp³-hybridized carbons (Fsp3) is 0.143. The Morgan fingerprint density at radius 2 is 1.78 bits per heavy atom. The Hall–Kier alpha value is -2.56. The molecule has 27 heavy (non-hydrogen) atoms. The van der Waals surface area contributed by atoms with E-state index in [9.17, 15) is 4.79 Å². The summed E-state index contributed by atoms with van der Waals surface area (Å²) in [6.07, 6.45) is 3.46. The maximum atomic E-state index is 11.8. The lowest BCUT2D eigenvalue weighted by Crippen LogP contribution is -2.35. The summed E-state index contributed by atoms with van der Waals surface area (Å²) < 4.78 is 0. The molecule has 1 unspecified atom stereocenters. The predicted octanol–water partition coefficient (Wildman–Crippen LogP) is 5.40. The van der Waals surface area contributed by atoms with E-state index in [4.69, 9.17) is 23.2 Å². The van der Waals surface area contributed by atoms with Gasteiger partial charge >= 0.3 is 0 Å². The van der Waals surface area contributed by atoms with E-state index >= 15 is 0 Å². The van der Waals surface area contributed by atoms with Crippen molar-refractivity contribution < 1.29 is 4.79 Å². The molecule has 0 radical (unpaired) electrons. The van der Waals surface area contributed by atoms with Gasteiger partial charge in [0, 0.05) is 47.3 Å². The zero-order chi connectivity index (χ0) is 19.2. The van der Waals surface area contributed by atoms with E-state index in [1.54, 1.807) is 12.4 Å². The van der Waals surface area contributed by atoms with Gasteiger partial charge in [-0.05, 0) is 42.0 Å². The number of halogens is 2. The SMILES string of the molecule is CC(=O)NC(CN(c1ccncc1)c1cccc(Cl)c1)c1ccccc1Cl. The number of benzene rings is 2. The average Bonchev–Trinajstić information content (AvgIpc) is 2.66. The Morgan fingerprint density at radius 1 is 1.04 bits per heavy atom. The van der Waals surface area contributed by atoms with Gasteiger partial charge in [-0.15, -0.1) is 0 Å². The number of amides is 1. The topological polar surface area (TPSA) is 45.2 Å². The Morgan fingerprint density at radius 3 is 2.44 bits per heavy atom. The number of carbonyl (C=O) groups is 1. The van der Waals surface area contributed by atoms with Crippen LogP contribution >= 0.6 is 23.2 Å². The van der Waals surface area contributed by atoms with Crippen LogP contribution < -0.4 is 10.2 Å². The van der Waals surface area contributed by atoms with Gasteiger partial charge in [0.1, 0.15) is 0 Å². The molecule has 4 nitrogen and oxygen atoms in total. The maximum Gasteiger partial charge on any atom is 0.217 e. The first-order valence-corrected chi connectivity index (χ1v) is 9.25. The van der Waals surface area contributed by atoms with Crippen LogP contribution in [0.15, 0.2) is 73.1 Å². The van der Waals surface area contributed by atoms with E-state index in [0.29, 0.717) is 16.6 Å². The monoisotopic (exact) mass is 399 g/mol. The molecule has 0 fully saturated rings. The summed E-state index contributed by atoms with van der Waals surface area (Å²) in [5, 5.41) is 4.26. The summed E-state index contributed by atoms with van der Waals surface area (Å²) in [6, 6.07) is 18.6. The van der Waals surface area contributed by atoms with E-state index in [1.807, 2.05) is 60.7 Å². The standard InChI is InChI=1S/C21H19Cl2N3O/c1-15(27)25-21(19-7-2-3-8-20(19)23)14-26(17-9-11-24-12-10-17)18-6-4-5-16(22)13-18/h2-13,21H,14H2,1H3,(H,25,27). The van der Waals surface area contributed by atoms with Crippen LogP contribution in [0.3, 0.4) is 0 Å². The summed E-state index contributed by atoms with van der Waals surface area (Å²) in [5.74, 6) is -0.124. The van der Waals surface area contributed by atoms with Crippen molar-refractivity contribution >= 4 is 40.5 Å². The highest BCUT2D eigenvalue weighted by Gasteiger charge is 2.21. The lowest BCUT2D eigenvalue weighted by atomic mass is 10.1. The smallest absolute Gasteiger partial charge is 0.217 e. The first-order valence-electron chi connectivity index (χ1n) is 8.49. The zero-order valence-electron chi connectivity index (χ0n) is 14.8. The third-order valence-electron chi connectivity index (χ3n) is 4.12. The minimum atomic E-state index is -0.302. The number of rotatable bonds is 6. The highest BCUT2D eigenvalue weighted by atomic mass is 35.5. The molecule has 0 aliphatic heterocycles. The number of hydrogen-bond acceptors (Lipinski definition) is 3. The van der Waals surface area contributed by atoms with Gasteiger partial charge in [-0.25, -0.2) is 0 Å². The maximum absolute atomic E-state index is 11.8. The molecule has 1 atom stereocenters. The largest absolute Gasteiger partial charge is 0.348 e. The average molecular weight is 400 g/mol. The van der Waals surface area contributed by atoms with Crippen molar-refractivity contribution in [2.75, 3.05) is 11.4 Å². The van der Waals surface area contributed by atoms with Gasteiger partial charge in [0.2, 0.25) is 5.91 Å². The molecule has 1 aromatic heterocycles. The van der Waals surface area contributed by atoms with Crippen molar-refractivity contribution in [1.29, 1.82) is 0 Å². The molecular formula is C21H19Cl2N3O. The fourth-order valence-corrected chi connectivity index (χ4v) is 3.39. The van der Waals surface area contributed by atoms with Crippen LogP contribution in [0.4, 0.5) is 11.4 Å². The van der Waals surface area contributed by atoms with Crippen LogP contribution in [0.25, 0.3) is 0 Å². The molecule has 3 aromatic rings. The van der Waals surface area contributed by atoms with Crippen molar-refractivity contribution in [3.63, 3.8) is 0 Å². The highest BCUT2D eigenvalue weighted by molar-refractivity contribution is 6.31. The number of nitrogens with one attached hydrogen (secondary N) is 1. The number of pyridine rings is 1. The molecule has 0 aliphatic carbocycles. The van der Waals surface area contributed by atoms with Crippen LogP contribution in [-0.2, 0) is 4.79 Å². The van der Waals surface area contributed by atoms with Gasteiger partial charge in [0.05, 0.1) is 6.04 Å². The molecule has 3 rings (SSSR count). The van der Waals surface area contributed by atoms with E-state index in [2.05, 4.69) is 15.2 Å². The van der Waals surface area contributed by atoms with Crippen molar-refractivity contribution in [2.45, 2.75) is 13.0 Å². The van der Waals surface area contributed by atoms with Gasteiger partial charge < -0.3 is 10.2 Å². The Balaban J connectivity index is 2.02. The molecule has 1 heterocycles. The van der Waals surface area contributed by atoms with Crippen molar-refractivity contribution in [3.05, 3.63) is 88.7 Å². The summed E-state index contributed by atoms with van der Waals surface area (Å²) >= 11 is 12.6. The quantitative estimate of drug-likeness (QED) is 0.602. The second-order valence-electron chi connectivity index (χ2n) is 6.07. The fourth-order valence-electron chi connectivity index (χ4n) is 2.94. The Kier molecular flexibility index (Phi) is 6.32. The van der Waals surface area contributed by atoms with Gasteiger partial charge in [0.15, 0.2) is 0 Å². The molecule has 0 saturated carbocycles. The number of nitrogens with zero attached hydrogens (tertiary/aromatic N) is 2. The van der Waals surface area contributed by atoms with Gasteiger partial charge in [-0.1, -0.05) is 47.5 Å². The van der Waals surface area contributed by atoms with Crippen molar-refractivity contribution in [3.8, 4) is 0 Å². The predicted molar refractivity (Wildman–Crippen MR) is 111 cm³/mol. The first kappa shape index (κ1) is 19.2. The summed E-state index contributed by atoms with van der Waals surface area (Å²) in [6.45, 7) is 1.98. The minimum absolute atomic E-state index is 0.124. The normalized spacial score (nSPS) is 11.7. The summed E-state index contributed by atoms with van der Waals surface area (Å²) in [5.41, 5.74) is 2.71. The number of aromatic nitrogens is 1. The molecule has 0 bridgehead atoms. The third-order valence-corrected chi connectivity index (χ3v) is 4.70. The molecule has 2 aromatic carbocycles. The van der Waals surface area contributed by atoms with E-state index in [1.165, 1.54) is 6.92 Å². The van der Waals surface area contributed by atoms with Crippen LogP contribution in [0.1, 0.15) is 18.5 Å². The van der Waals surface area contributed by atoms with Crippen LogP contribution in [0.2, 0.25) is 10.0 Å². The van der Waals surface area contributed by atoms with Gasteiger partial charge in [0.25, 0.3) is 0 Å². The molecule has 0 spiro atoms. The minimum Gasteiger partial charge on any atom is -0.348 e. The van der Waals surface area contributed by atoms with Crippen molar-refractivity contribution in [2.24, 2.45) is 0 Å². The number of anilines is 2. The molecular weight excluding hydrogens is 381 g/mol. The Bertz CT molecular complexity index is 918. The summed E-state index contributed by atoms with van der Waals surface area (Å²) in [7, 11) is 0. The molecule has 1 N–H and O–H groups in total. The van der Waals surface area contributed by atoms with Gasteiger partial charge in [-0.3, -0.25) is 9.78 Å². The van der Waals surface area contributed by atoms with Crippen molar-refractivity contribution in [1.82, 2.24) is 10.3 Å². The first-order chi connectivity index (χ1) is 13.0. The lowest BCUT2D eigenvalue weighted by molar-refractivity contribution is -0.119. The lowest BCUT2D eigenvalue weighted by Gasteiger charge is -2.30. The van der Waals surface area contributed by atoms with E-state index in [-0.39, 0.29) is 11.9 Å². The second kappa shape index (κ2) is 8.89. The third kappa shape index (κ3) is 5.00. The molecule has 0 aliphatic rings. The molecule has 1 amide bonds. The zero-order valence-corrected chi connectivity index (χ0v) is 16.3. The number of carbonyl (C=O) groups excluding carboxylic acids is 1. The van der Waals surface area contributed by atoms with Gasteiger partial charge in [-0.2, -0.15) is 0 Å². The number of hydrogen-bond donors (Lipinski definition) is 1. The molecule has 138 valence electrons. The van der Waals surface area contributed by atoms with E-state index < -0.39 is 0 Å². The highest BCUT2D eigenvalue weighted by Crippen LogP contribution is 2.31. The second-order valence-corrected chi connectivity index (χ2v) is 6.91. The molecule has 0 saturated heterocycles.